The molecule has 1 saturated heterocycles. The third-order valence-electron chi connectivity index (χ3n) is 3.65. The summed E-state index contributed by atoms with van der Waals surface area (Å²) in [6.45, 7) is 4.19. The van der Waals surface area contributed by atoms with Gasteiger partial charge in [-0.05, 0) is 25.8 Å². The second kappa shape index (κ2) is 7.65. The molecule has 1 heterocycles. The summed E-state index contributed by atoms with van der Waals surface area (Å²) in [7, 11) is 0. The van der Waals surface area contributed by atoms with E-state index in [1.807, 2.05) is 42.2 Å². The molecule has 112 valence electrons. The maximum atomic E-state index is 12.2. The lowest BCUT2D eigenvalue weighted by Gasteiger charge is -2.21. The SMILES string of the molecule is CC(NCc1ccccc1OCC#N)C(=O)N1CCCC1. The van der Waals surface area contributed by atoms with Crippen LogP contribution in [-0.4, -0.2) is 36.5 Å². The Morgan fingerprint density at radius 2 is 2.14 bits per heavy atom. The van der Waals surface area contributed by atoms with Gasteiger partial charge >= 0.3 is 0 Å². The number of nitriles is 1. The smallest absolute Gasteiger partial charge is 0.239 e. The zero-order valence-electron chi connectivity index (χ0n) is 12.3. The number of carbonyl (C=O) groups is 1. The highest BCUT2D eigenvalue weighted by molar-refractivity contribution is 5.81. The lowest BCUT2D eigenvalue weighted by molar-refractivity contribution is -0.131. The lowest BCUT2D eigenvalue weighted by atomic mass is 10.2. The highest BCUT2D eigenvalue weighted by Crippen LogP contribution is 2.18. The molecule has 0 bridgehead atoms. The van der Waals surface area contributed by atoms with Crippen molar-refractivity contribution in [2.24, 2.45) is 0 Å². The van der Waals surface area contributed by atoms with E-state index in [1.54, 1.807) is 0 Å². The molecular weight excluding hydrogens is 266 g/mol. The van der Waals surface area contributed by atoms with E-state index in [9.17, 15) is 4.79 Å². The van der Waals surface area contributed by atoms with Gasteiger partial charge in [0.05, 0.1) is 6.04 Å². The molecule has 2 rings (SSSR count). The Labute approximate surface area is 125 Å². The van der Waals surface area contributed by atoms with Crippen LogP contribution in [0.25, 0.3) is 0 Å². The van der Waals surface area contributed by atoms with Gasteiger partial charge in [0, 0.05) is 25.2 Å². The van der Waals surface area contributed by atoms with Gasteiger partial charge in [-0.3, -0.25) is 4.79 Å². The largest absolute Gasteiger partial charge is 0.478 e. The van der Waals surface area contributed by atoms with Crippen molar-refractivity contribution in [3.05, 3.63) is 29.8 Å². The van der Waals surface area contributed by atoms with Crippen LogP contribution in [-0.2, 0) is 11.3 Å². The molecule has 0 radical (unpaired) electrons. The number of amides is 1. The third kappa shape index (κ3) is 4.20. The van der Waals surface area contributed by atoms with Gasteiger partial charge in [0.25, 0.3) is 0 Å². The Bertz CT molecular complexity index is 518. The van der Waals surface area contributed by atoms with Crippen LogP contribution in [0.4, 0.5) is 0 Å². The van der Waals surface area contributed by atoms with Crippen LogP contribution in [0.5, 0.6) is 5.75 Å². The van der Waals surface area contributed by atoms with Crippen LogP contribution >= 0.6 is 0 Å². The highest BCUT2D eigenvalue weighted by atomic mass is 16.5. The highest BCUT2D eigenvalue weighted by Gasteiger charge is 2.22. The maximum absolute atomic E-state index is 12.2. The van der Waals surface area contributed by atoms with Gasteiger partial charge in [0.2, 0.25) is 5.91 Å². The molecule has 1 aliphatic heterocycles. The van der Waals surface area contributed by atoms with Crippen molar-refractivity contribution in [3.8, 4) is 11.8 Å². The minimum absolute atomic E-state index is 0.0271. The van der Waals surface area contributed by atoms with Crippen molar-refractivity contribution in [2.45, 2.75) is 32.4 Å². The summed E-state index contributed by atoms with van der Waals surface area (Å²) in [5, 5.41) is 11.8. The molecule has 1 amide bonds. The van der Waals surface area contributed by atoms with Gasteiger partial charge in [-0.15, -0.1) is 0 Å². The fraction of sp³-hybridized carbons (Fsp3) is 0.500. The van der Waals surface area contributed by atoms with E-state index >= 15 is 0 Å². The summed E-state index contributed by atoms with van der Waals surface area (Å²) < 4.78 is 5.38. The van der Waals surface area contributed by atoms with Crippen LogP contribution in [0, 0.1) is 11.3 Å². The number of ether oxygens (including phenoxy) is 1. The fourth-order valence-electron chi connectivity index (χ4n) is 2.46. The molecule has 0 aromatic heterocycles. The van der Waals surface area contributed by atoms with Crippen molar-refractivity contribution >= 4 is 5.91 Å². The van der Waals surface area contributed by atoms with Gasteiger partial charge in [0.15, 0.2) is 6.61 Å². The summed E-state index contributed by atoms with van der Waals surface area (Å²) in [4.78, 5) is 14.1. The number of hydrogen-bond donors (Lipinski definition) is 1. The number of rotatable bonds is 6. The Morgan fingerprint density at radius 3 is 2.86 bits per heavy atom. The number of hydrogen-bond acceptors (Lipinski definition) is 4. The first-order valence-electron chi connectivity index (χ1n) is 7.32. The van der Waals surface area contributed by atoms with E-state index in [1.165, 1.54) is 0 Å². The normalized spacial score (nSPS) is 15.5. The second-order valence-electron chi connectivity index (χ2n) is 5.19. The fourth-order valence-corrected chi connectivity index (χ4v) is 2.46. The zero-order valence-corrected chi connectivity index (χ0v) is 12.3. The number of nitrogens with zero attached hydrogens (tertiary/aromatic N) is 2. The van der Waals surface area contributed by atoms with Crippen LogP contribution in [0.2, 0.25) is 0 Å². The van der Waals surface area contributed by atoms with Crippen molar-refractivity contribution < 1.29 is 9.53 Å². The Morgan fingerprint density at radius 1 is 1.43 bits per heavy atom. The number of likely N-dealkylation sites (tertiary alicyclic amines) is 1. The summed E-state index contributed by atoms with van der Waals surface area (Å²) >= 11 is 0. The van der Waals surface area contributed by atoms with Gasteiger partial charge in [0.1, 0.15) is 11.8 Å². The molecule has 1 aromatic carbocycles. The second-order valence-corrected chi connectivity index (χ2v) is 5.19. The summed E-state index contributed by atoms with van der Waals surface area (Å²) in [6.07, 6.45) is 2.20. The molecule has 0 aliphatic carbocycles. The summed E-state index contributed by atoms with van der Waals surface area (Å²) in [5.74, 6) is 0.843. The lowest BCUT2D eigenvalue weighted by Crippen LogP contribution is -2.43. The van der Waals surface area contributed by atoms with Crippen LogP contribution < -0.4 is 10.1 Å². The third-order valence-corrected chi connectivity index (χ3v) is 3.65. The van der Waals surface area contributed by atoms with Crippen molar-refractivity contribution in [3.63, 3.8) is 0 Å². The van der Waals surface area contributed by atoms with Crippen LogP contribution in [0.3, 0.4) is 0 Å². The predicted molar refractivity (Wildman–Crippen MR) is 79.7 cm³/mol. The zero-order chi connectivity index (χ0) is 15.1. The number of para-hydroxylation sites is 1. The van der Waals surface area contributed by atoms with E-state index in [0.29, 0.717) is 12.3 Å². The number of benzene rings is 1. The van der Waals surface area contributed by atoms with Crippen molar-refractivity contribution in [1.29, 1.82) is 5.26 Å². The number of carbonyl (C=O) groups excluding carboxylic acids is 1. The Kier molecular flexibility index (Phi) is 5.59. The van der Waals surface area contributed by atoms with Gasteiger partial charge in [-0.1, -0.05) is 18.2 Å². The van der Waals surface area contributed by atoms with E-state index < -0.39 is 0 Å². The van der Waals surface area contributed by atoms with Gasteiger partial charge in [-0.25, -0.2) is 0 Å². The van der Waals surface area contributed by atoms with E-state index in [0.717, 1.165) is 31.5 Å². The maximum Gasteiger partial charge on any atom is 0.239 e. The number of nitrogens with one attached hydrogen (secondary N) is 1. The minimum atomic E-state index is -0.216. The average molecular weight is 287 g/mol. The summed E-state index contributed by atoms with van der Waals surface area (Å²) in [5.41, 5.74) is 0.953. The predicted octanol–water partition coefficient (Wildman–Crippen LogP) is 1.69. The topological polar surface area (TPSA) is 65.4 Å². The molecule has 21 heavy (non-hydrogen) atoms. The molecule has 1 fully saturated rings. The Balaban J connectivity index is 1.90. The molecule has 5 heteroatoms. The average Bonchev–Trinajstić information content (AvgIpc) is 3.05. The summed E-state index contributed by atoms with van der Waals surface area (Å²) in [6, 6.07) is 9.31. The molecule has 1 unspecified atom stereocenters. The molecule has 0 spiro atoms. The minimum Gasteiger partial charge on any atom is -0.478 e. The van der Waals surface area contributed by atoms with Crippen molar-refractivity contribution in [2.75, 3.05) is 19.7 Å². The molecule has 1 aromatic rings. The Hall–Kier alpha value is -2.06. The molecule has 1 atom stereocenters. The molecule has 0 saturated carbocycles. The first-order chi connectivity index (χ1) is 10.2. The van der Waals surface area contributed by atoms with E-state index in [4.69, 9.17) is 10.00 Å². The van der Waals surface area contributed by atoms with Gasteiger partial charge in [-0.2, -0.15) is 5.26 Å². The first kappa shape index (κ1) is 15.3. The first-order valence-corrected chi connectivity index (χ1v) is 7.32. The standard InChI is InChI=1S/C16H21N3O2/c1-13(16(20)19-9-4-5-10-19)18-12-14-6-2-3-7-15(14)21-11-8-17/h2-3,6-7,13,18H,4-5,9-12H2,1H3. The van der Waals surface area contributed by atoms with E-state index in [2.05, 4.69) is 5.32 Å². The van der Waals surface area contributed by atoms with Crippen LogP contribution in [0.1, 0.15) is 25.3 Å². The van der Waals surface area contributed by atoms with Crippen molar-refractivity contribution in [1.82, 2.24) is 10.2 Å². The molecule has 1 N–H and O–H groups in total. The molecule has 5 nitrogen and oxygen atoms in total. The van der Waals surface area contributed by atoms with E-state index in [-0.39, 0.29) is 18.6 Å². The quantitative estimate of drug-likeness (QED) is 0.864. The van der Waals surface area contributed by atoms with Gasteiger partial charge < -0.3 is 15.0 Å². The molecular formula is C16H21N3O2. The monoisotopic (exact) mass is 287 g/mol. The van der Waals surface area contributed by atoms with Crippen LogP contribution in [0.15, 0.2) is 24.3 Å². The molecule has 1 aliphatic rings.